The molecule has 2 nitrogen and oxygen atoms in total. The Kier molecular flexibility index (Phi) is 5.71. The summed E-state index contributed by atoms with van der Waals surface area (Å²) in [4.78, 5) is 3.68. The number of allylic oxidation sites excluding steroid dienone is 3. The molecule has 7 rings (SSSR count). The fourth-order valence-electron chi connectivity index (χ4n) is 5.59. The highest BCUT2D eigenvalue weighted by Crippen LogP contribution is 2.35. The molecule has 0 atom stereocenters. The molecular formula is C37H28N2. The van der Waals surface area contributed by atoms with Crippen LogP contribution in [0.3, 0.4) is 0 Å². The highest BCUT2D eigenvalue weighted by atomic mass is 15.0. The zero-order valence-electron chi connectivity index (χ0n) is 21.8. The van der Waals surface area contributed by atoms with Gasteiger partial charge in [-0.3, -0.25) is 0 Å². The van der Waals surface area contributed by atoms with Crippen LogP contribution in [-0.4, -0.2) is 9.55 Å². The van der Waals surface area contributed by atoms with E-state index in [9.17, 15) is 0 Å². The highest BCUT2D eigenvalue weighted by Gasteiger charge is 2.14. The first-order valence-corrected chi connectivity index (χ1v) is 13.4. The van der Waals surface area contributed by atoms with E-state index in [1.165, 1.54) is 43.9 Å². The van der Waals surface area contributed by atoms with Crippen LogP contribution in [0.1, 0.15) is 18.2 Å². The van der Waals surface area contributed by atoms with Crippen LogP contribution < -0.4 is 0 Å². The molecule has 2 heterocycles. The van der Waals surface area contributed by atoms with Crippen molar-refractivity contribution >= 4 is 44.4 Å². The van der Waals surface area contributed by atoms with Crippen LogP contribution in [0.4, 0.5) is 0 Å². The number of rotatable bonds is 5. The number of fused-ring (bicyclic) bond motifs is 4. The molecule has 0 fully saturated rings. The number of benzene rings is 5. The van der Waals surface area contributed by atoms with Gasteiger partial charge in [0.1, 0.15) is 0 Å². The fourth-order valence-corrected chi connectivity index (χ4v) is 5.59. The molecule has 2 heteroatoms. The summed E-state index contributed by atoms with van der Waals surface area (Å²) in [6, 6.07) is 45.4. The topological polar surface area (TPSA) is 20.7 Å². The molecule has 0 spiro atoms. The van der Waals surface area contributed by atoms with Crippen LogP contribution in [0.15, 0.2) is 140 Å². The van der Waals surface area contributed by atoms with Gasteiger partial charge in [-0.15, -0.1) is 0 Å². The lowest BCUT2D eigenvalue weighted by molar-refractivity contribution is 1.11. The first-order chi connectivity index (χ1) is 19.3. The van der Waals surface area contributed by atoms with Crippen molar-refractivity contribution in [1.29, 1.82) is 0 Å². The predicted molar refractivity (Wildman–Crippen MR) is 167 cm³/mol. The maximum atomic E-state index is 3.68. The van der Waals surface area contributed by atoms with E-state index in [-0.39, 0.29) is 0 Å². The Hall–Kier alpha value is -5.08. The largest absolute Gasteiger partial charge is 0.354 e. The molecule has 5 aromatic carbocycles. The average molecular weight is 501 g/mol. The normalized spacial score (nSPS) is 12.3. The van der Waals surface area contributed by atoms with Gasteiger partial charge in [0.05, 0.1) is 5.52 Å². The zero-order valence-corrected chi connectivity index (χ0v) is 21.8. The Morgan fingerprint density at radius 2 is 1.33 bits per heavy atom. The van der Waals surface area contributed by atoms with Gasteiger partial charge in [-0.05, 0) is 77.7 Å². The summed E-state index contributed by atoms with van der Waals surface area (Å²) >= 11 is 0. The van der Waals surface area contributed by atoms with Crippen molar-refractivity contribution in [3.8, 4) is 16.8 Å². The van der Waals surface area contributed by atoms with Crippen LogP contribution in [0.5, 0.6) is 0 Å². The lowest BCUT2D eigenvalue weighted by Gasteiger charge is -2.09. The molecule has 0 aliphatic rings. The molecule has 0 bridgehead atoms. The van der Waals surface area contributed by atoms with Gasteiger partial charge in [0.2, 0.25) is 0 Å². The van der Waals surface area contributed by atoms with E-state index in [2.05, 4.69) is 162 Å². The molecule has 0 unspecified atom stereocenters. The van der Waals surface area contributed by atoms with Crippen molar-refractivity contribution in [3.63, 3.8) is 0 Å². The van der Waals surface area contributed by atoms with Crippen LogP contribution in [0, 0.1) is 0 Å². The Bertz CT molecular complexity index is 1990. The lowest BCUT2D eigenvalue weighted by Crippen LogP contribution is -1.96. The van der Waals surface area contributed by atoms with Crippen molar-refractivity contribution in [2.75, 3.05) is 0 Å². The first-order valence-electron chi connectivity index (χ1n) is 13.4. The van der Waals surface area contributed by atoms with Crippen molar-refractivity contribution in [1.82, 2.24) is 9.55 Å². The summed E-state index contributed by atoms with van der Waals surface area (Å²) < 4.78 is 2.35. The molecule has 186 valence electrons. The molecule has 1 N–H and O–H groups in total. The molecular weight excluding hydrogens is 472 g/mol. The lowest BCUT2D eigenvalue weighted by atomic mass is 10.0. The number of H-pyrrole nitrogens is 1. The SMILES string of the molecule is C/C=C(\C=C/c1cc2cc3c(cc2n1-c1ccccc1)[nH]c1ccc(-c2ccccc2)cc13)c1ccccc1. The summed E-state index contributed by atoms with van der Waals surface area (Å²) in [5.74, 6) is 0. The van der Waals surface area contributed by atoms with Gasteiger partial charge < -0.3 is 9.55 Å². The molecule has 0 aliphatic carbocycles. The van der Waals surface area contributed by atoms with E-state index in [1.54, 1.807) is 0 Å². The third-order valence-corrected chi connectivity index (χ3v) is 7.52. The molecule has 2 aromatic heterocycles. The van der Waals surface area contributed by atoms with E-state index >= 15 is 0 Å². The van der Waals surface area contributed by atoms with Gasteiger partial charge in [-0.25, -0.2) is 0 Å². The van der Waals surface area contributed by atoms with Crippen molar-refractivity contribution < 1.29 is 0 Å². The molecule has 0 amide bonds. The minimum absolute atomic E-state index is 1.15. The summed E-state index contributed by atoms with van der Waals surface area (Å²) in [6.45, 7) is 2.09. The number of nitrogens with one attached hydrogen (secondary N) is 1. The van der Waals surface area contributed by atoms with Crippen LogP contribution in [0.25, 0.3) is 61.2 Å². The summed E-state index contributed by atoms with van der Waals surface area (Å²) in [7, 11) is 0. The number of hydrogen-bond donors (Lipinski definition) is 1. The maximum absolute atomic E-state index is 3.68. The van der Waals surface area contributed by atoms with Crippen molar-refractivity contribution in [2.45, 2.75) is 6.92 Å². The van der Waals surface area contributed by atoms with E-state index in [1.807, 2.05) is 0 Å². The second kappa shape index (κ2) is 9.66. The minimum atomic E-state index is 1.15. The second-order valence-electron chi connectivity index (χ2n) is 9.89. The second-order valence-corrected chi connectivity index (χ2v) is 9.89. The average Bonchev–Trinajstić information content (AvgIpc) is 3.54. The molecule has 0 aliphatic heterocycles. The first kappa shape index (κ1) is 23.1. The predicted octanol–water partition coefficient (Wildman–Crippen LogP) is 10.0. The van der Waals surface area contributed by atoms with Gasteiger partial charge >= 0.3 is 0 Å². The number of para-hydroxylation sites is 1. The van der Waals surface area contributed by atoms with Gasteiger partial charge in [0.15, 0.2) is 0 Å². The smallest absolute Gasteiger partial charge is 0.0555 e. The quantitative estimate of drug-likeness (QED) is 0.227. The zero-order chi connectivity index (χ0) is 26.2. The fraction of sp³-hybridized carbons (Fsp3) is 0.0270. The van der Waals surface area contributed by atoms with E-state index in [4.69, 9.17) is 0 Å². The van der Waals surface area contributed by atoms with Crippen molar-refractivity contribution in [3.05, 3.63) is 151 Å². The van der Waals surface area contributed by atoms with E-state index in [0.29, 0.717) is 0 Å². The highest BCUT2D eigenvalue weighted by molar-refractivity contribution is 6.13. The third-order valence-electron chi connectivity index (χ3n) is 7.52. The van der Waals surface area contributed by atoms with Crippen molar-refractivity contribution in [2.24, 2.45) is 0 Å². The van der Waals surface area contributed by atoms with Crippen LogP contribution in [0.2, 0.25) is 0 Å². The molecule has 0 radical (unpaired) electrons. The Balaban J connectivity index is 1.41. The monoisotopic (exact) mass is 500 g/mol. The van der Waals surface area contributed by atoms with Crippen LogP contribution >= 0.6 is 0 Å². The summed E-state index contributed by atoms with van der Waals surface area (Å²) in [5.41, 5.74) is 10.7. The van der Waals surface area contributed by atoms with E-state index < -0.39 is 0 Å². The standard InChI is InChI=1S/C37H28N2/c1-2-26(27-12-6-3-7-13-27)18-20-32-22-30-24-34-33-23-29(28-14-8-4-9-15-28)19-21-35(33)38-36(34)25-37(30)39(32)31-16-10-5-11-17-31/h2-25,38H,1H3/b20-18-,26-2+. The Labute approximate surface area is 228 Å². The van der Waals surface area contributed by atoms with Gasteiger partial charge in [-0.2, -0.15) is 0 Å². The number of nitrogens with zero attached hydrogens (tertiary/aromatic N) is 1. The number of hydrogen-bond acceptors (Lipinski definition) is 0. The van der Waals surface area contributed by atoms with Gasteiger partial charge in [0.25, 0.3) is 0 Å². The number of aromatic amines is 1. The Morgan fingerprint density at radius 3 is 2.08 bits per heavy atom. The van der Waals surface area contributed by atoms with Gasteiger partial charge in [-0.1, -0.05) is 97.1 Å². The van der Waals surface area contributed by atoms with Gasteiger partial charge in [0, 0.05) is 38.6 Å². The molecule has 0 saturated carbocycles. The Morgan fingerprint density at radius 1 is 0.641 bits per heavy atom. The van der Waals surface area contributed by atoms with E-state index in [0.717, 1.165) is 22.4 Å². The summed E-state index contributed by atoms with van der Waals surface area (Å²) in [6.07, 6.45) is 6.62. The molecule has 7 aromatic rings. The number of aromatic nitrogens is 2. The third kappa shape index (κ3) is 4.17. The maximum Gasteiger partial charge on any atom is 0.0555 e. The molecule has 39 heavy (non-hydrogen) atoms. The minimum Gasteiger partial charge on any atom is -0.354 e. The molecule has 0 saturated heterocycles. The summed E-state index contributed by atoms with van der Waals surface area (Å²) in [5, 5.41) is 3.71. The van der Waals surface area contributed by atoms with Crippen LogP contribution in [-0.2, 0) is 0 Å².